The Morgan fingerprint density at radius 1 is 1.16 bits per heavy atom. The highest BCUT2D eigenvalue weighted by atomic mass is 35.5. The highest BCUT2D eigenvalue weighted by Gasteiger charge is 2.19. The van der Waals surface area contributed by atoms with Crippen molar-refractivity contribution >= 4 is 40.8 Å². The molecule has 98 valence electrons. The average Bonchev–Trinajstić information content (AvgIpc) is 2.85. The van der Waals surface area contributed by atoms with Gasteiger partial charge in [-0.2, -0.15) is 4.98 Å². The van der Waals surface area contributed by atoms with E-state index in [0.717, 1.165) is 39.2 Å². The monoisotopic (exact) mass is 311 g/mol. The number of fused-ring (bicyclic) bond motifs is 1. The normalized spacial score (nSPS) is 13.4. The molecule has 19 heavy (non-hydrogen) atoms. The lowest BCUT2D eigenvalue weighted by Crippen LogP contribution is -2.04. The van der Waals surface area contributed by atoms with Crippen LogP contribution in [0.3, 0.4) is 0 Å². The van der Waals surface area contributed by atoms with Crippen molar-refractivity contribution in [3.63, 3.8) is 0 Å². The van der Waals surface area contributed by atoms with Gasteiger partial charge in [0.1, 0.15) is 5.82 Å². The topological polar surface area (TPSA) is 37.8 Å². The van der Waals surface area contributed by atoms with Gasteiger partial charge in [-0.05, 0) is 29.3 Å². The van der Waals surface area contributed by atoms with Crippen LogP contribution in [0.25, 0.3) is 0 Å². The van der Waals surface area contributed by atoms with Gasteiger partial charge in [-0.1, -0.05) is 23.7 Å². The predicted octanol–water partition coefficient (Wildman–Crippen LogP) is 4.04. The molecular weight excluding hydrogens is 301 g/mol. The Bertz CT molecular complexity index is 602. The molecule has 1 aromatic carbocycles. The first-order valence-electron chi connectivity index (χ1n) is 5.90. The molecule has 0 aliphatic carbocycles. The van der Waals surface area contributed by atoms with Crippen LogP contribution in [-0.4, -0.2) is 15.7 Å². The van der Waals surface area contributed by atoms with Gasteiger partial charge in [0.05, 0.1) is 10.6 Å². The number of rotatable bonds is 3. The van der Waals surface area contributed by atoms with E-state index in [1.54, 1.807) is 11.8 Å². The third-order valence-corrected chi connectivity index (χ3v) is 4.41. The molecule has 0 atom stereocenters. The fourth-order valence-electron chi connectivity index (χ4n) is 1.95. The van der Waals surface area contributed by atoms with Crippen molar-refractivity contribution in [3.8, 4) is 0 Å². The van der Waals surface area contributed by atoms with Gasteiger partial charge in [0.25, 0.3) is 0 Å². The molecule has 0 saturated carbocycles. The van der Waals surface area contributed by atoms with E-state index in [4.69, 9.17) is 23.2 Å². The number of anilines is 1. The molecular formula is C13H11Cl2N3S. The summed E-state index contributed by atoms with van der Waals surface area (Å²) in [4.78, 5) is 9.65. The summed E-state index contributed by atoms with van der Waals surface area (Å²) in [6, 6.07) is 7.74. The number of hydrogen-bond acceptors (Lipinski definition) is 4. The number of aromatic nitrogens is 2. The number of nitrogens with zero attached hydrogens (tertiary/aromatic N) is 2. The predicted molar refractivity (Wildman–Crippen MR) is 80.2 cm³/mol. The Morgan fingerprint density at radius 2 is 1.95 bits per heavy atom. The van der Waals surface area contributed by atoms with Crippen LogP contribution in [0.5, 0.6) is 0 Å². The molecule has 0 radical (unpaired) electrons. The van der Waals surface area contributed by atoms with Crippen LogP contribution >= 0.6 is 35.0 Å². The summed E-state index contributed by atoms with van der Waals surface area (Å²) in [6.07, 6.45) is 0.956. The van der Waals surface area contributed by atoms with Crippen molar-refractivity contribution in [2.45, 2.75) is 17.9 Å². The van der Waals surface area contributed by atoms with E-state index in [1.165, 1.54) is 0 Å². The smallest absolute Gasteiger partial charge is 0.224 e. The van der Waals surface area contributed by atoms with E-state index in [0.29, 0.717) is 11.8 Å². The molecule has 0 fully saturated rings. The van der Waals surface area contributed by atoms with Crippen LogP contribution < -0.4 is 5.32 Å². The van der Waals surface area contributed by atoms with Crippen LogP contribution in [-0.2, 0) is 13.0 Å². The van der Waals surface area contributed by atoms with Gasteiger partial charge >= 0.3 is 0 Å². The molecule has 2 aromatic rings. The fourth-order valence-corrected chi connectivity index (χ4v) is 3.33. The Morgan fingerprint density at radius 3 is 2.74 bits per heavy atom. The second-order valence-corrected chi connectivity index (χ2v) is 6.08. The first-order valence-corrected chi connectivity index (χ1v) is 7.64. The van der Waals surface area contributed by atoms with Crippen LogP contribution in [0, 0.1) is 0 Å². The van der Waals surface area contributed by atoms with Crippen LogP contribution in [0.15, 0.2) is 29.2 Å². The van der Waals surface area contributed by atoms with Gasteiger partial charge < -0.3 is 5.32 Å². The van der Waals surface area contributed by atoms with Crippen LogP contribution in [0.4, 0.5) is 5.82 Å². The van der Waals surface area contributed by atoms with E-state index in [2.05, 4.69) is 15.3 Å². The van der Waals surface area contributed by atoms with Gasteiger partial charge in [-0.3, -0.25) is 0 Å². The average molecular weight is 312 g/mol. The number of aryl methyl sites for hydroxylation is 1. The second kappa shape index (κ2) is 5.57. The largest absolute Gasteiger partial charge is 0.365 e. The summed E-state index contributed by atoms with van der Waals surface area (Å²) in [5.41, 5.74) is 2.19. The van der Waals surface area contributed by atoms with Gasteiger partial charge in [0, 0.05) is 23.7 Å². The maximum absolute atomic E-state index is 5.94. The zero-order valence-electron chi connectivity index (χ0n) is 9.99. The number of hydrogen-bond donors (Lipinski definition) is 1. The Hall–Kier alpha value is -0.970. The SMILES string of the molecule is Clc1ccc(CNc2nc(Cl)nc3c2SCC3)cc1. The minimum absolute atomic E-state index is 0.305. The number of halogens is 2. The Labute approximate surface area is 125 Å². The number of benzene rings is 1. The fraction of sp³-hybridized carbons (Fsp3) is 0.231. The molecule has 6 heteroatoms. The zero-order chi connectivity index (χ0) is 13.2. The lowest BCUT2D eigenvalue weighted by atomic mass is 10.2. The highest BCUT2D eigenvalue weighted by Crippen LogP contribution is 2.36. The Kier molecular flexibility index (Phi) is 3.82. The van der Waals surface area contributed by atoms with Crippen molar-refractivity contribution in [2.75, 3.05) is 11.1 Å². The van der Waals surface area contributed by atoms with Crippen LogP contribution in [0.2, 0.25) is 10.3 Å². The quantitative estimate of drug-likeness (QED) is 0.868. The van der Waals surface area contributed by atoms with E-state index in [1.807, 2.05) is 24.3 Å². The molecule has 0 amide bonds. The summed E-state index contributed by atoms with van der Waals surface area (Å²) in [5, 5.41) is 4.37. The minimum Gasteiger partial charge on any atom is -0.365 e. The molecule has 0 saturated heterocycles. The molecule has 3 rings (SSSR count). The van der Waals surface area contributed by atoms with Crippen molar-refractivity contribution < 1.29 is 0 Å². The van der Waals surface area contributed by atoms with E-state index in [-0.39, 0.29) is 0 Å². The number of thioether (sulfide) groups is 1. The van der Waals surface area contributed by atoms with Crippen LogP contribution in [0.1, 0.15) is 11.3 Å². The van der Waals surface area contributed by atoms with Crippen molar-refractivity contribution in [1.29, 1.82) is 0 Å². The Balaban J connectivity index is 1.78. The molecule has 1 aliphatic rings. The summed E-state index contributed by atoms with van der Waals surface area (Å²) in [5.74, 6) is 1.87. The van der Waals surface area contributed by atoms with Crippen molar-refractivity contribution in [1.82, 2.24) is 9.97 Å². The molecule has 0 bridgehead atoms. The lowest BCUT2D eigenvalue weighted by Gasteiger charge is -2.10. The highest BCUT2D eigenvalue weighted by molar-refractivity contribution is 7.99. The number of nitrogens with one attached hydrogen (secondary N) is 1. The standard InChI is InChI=1S/C13H11Cl2N3S/c14-9-3-1-8(2-4-9)7-16-12-11-10(5-6-19-11)17-13(15)18-12/h1-4H,5-7H2,(H,16,17,18). The summed E-state index contributed by atoms with van der Waals surface area (Å²) in [6.45, 7) is 0.692. The van der Waals surface area contributed by atoms with E-state index < -0.39 is 0 Å². The van der Waals surface area contributed by atoms with Gasteiger partial charge in [-0.15, -0.1) is 11.8 Å². The third kappa shape index (κ3) is 2.96. The summed E-state index contributed by atoms with van der Waals surface area (Å²) >= 11 is 13.6. The first-order chi connectivity index (χ1) is 9.22. The lowest BCUT2D eigenvalue weighted by molar-refractivity contribution is 0.961. The molecule has 1 N–H and O–H groups in total. The van der Waals surface area contributed by atoms with Crippen molar-refractivity contribution in [2.24, 2.45) is 0 Å². The molecule has 3 nitrogen and oxygen atoms in total. The first kappa shape index (κ1) is 13.0. The molecule has 1 aromatic heterocycles. The van der Waals surface area contributed by atoms with Gasteiger partial charge in [0.2, 0.25) is 5.28 Å². The molecule has 1 aliphatic heterocycles. The molecule has 0 spiro atoms. The zero-order valence-corrected chi connectivity index (χ0v) is 12.3. The third-order valence-electron chi connectivity index (χ3n) is 2.87. The summed E-state index contributed by atoms with van der Waals surface area (Å²) in [7, 11) is 0. The second-order valence-electron chi connectivity index (χ2n) is 4.20. The van der Waals surface area contributed by atoms with E-state index in [9.17, 15) is 0 Å². The van der Waals surface area contributed by atoms with Gasteiger partial charge in [0.15, 0.2) is 0 Å². The van der Waals surface area contributed by atoms with Gasteiger partial charge in [-0.25, -0.2) is 4.98 Å². The summed E-state index contributed by atoms with van der Waals surface area (Å²) < 4.78 is 0. The maximum Gasteiger partial charge on any atom is 0.224 e. The molecule has 0 unspecified atom stereocenters. The molecule has 2 heterocycles. The minimum atomic E-state index is 0.305. The maximum atomic E-state index is 5.94. The van der Waals surface area contributed by atoms with E-state index >= 15 is 0 Å². The van der Waals surface area contributed by atoms with Crippen molar-refractivity contribution in [3.05, 3.63) is 45.8 Å².